The van der Waals surface area contributed by atoms with Crippen LogP contribution in [0.25, 0.3) is 21.3 Å². The minimum absolute atomic E-state index is 0.114. The highest BCUT2D eigenvalue weighted by Gasteiger charge is 2.24. The molecule has 0 aliphatic heterocycles. The van der Waals surface area contributed by atoms with Gasteiger partial charge < -0.3 is 10.5 Å². The van der Waals surface area contributed by atoms with E-state index in [4.69, 9.17) is 10.5 Å². The van der Waals surface area contributed by atoms with E-state index in [0.717, 1.165) is 5.56 Å². The van der Waals surface area contributed by atoms with E-state index in [9.17, 15) is 9.59 Å². The summed E-state index contributed by atoms with van der Waals surface area (Å²) in [6, 6.07) is 9.43. The van der Waals surface area contributed by atoms with Gasteiger partial charge in [-0.05, 0) is 0 Å². The van der Waals surface area contributed by atoms with Gasteiger partial charge in [-0.2, -0.15) is 5.10 Å². The average Bonchev–Trinajstić information content (AvgIpc) is 2.88. The highest BCUT2D eigenvalue weighted by atomic mass is 32.1. The van der Waals surface area contributed by atoms with Gasteiger partial charge in [0, 0.05) is 12.6 Å². The summed E-state index contributed by atoms with van der Waals surface area (Å²) in [5, 5.41) is 4.83. The summed E-state index contributed by atoms with van der Waals surface area (Å²) in [6.45, 7) is 0. The van der Waals surface area contributed by atoms with Crippen molar-refractivity contribution in [1.29, 1.82) is 0 Å². The number of fused-ring (bicyclic) bond motifs is 1. The van der Waals surface area contributed by atoms with E-state index in [1.54, 1.807) is 7.05 Å². The van der Waals surface area contributed by atoms with Gasteiger partial charge in [0.15, 0.2) is 0 Å². The van der Waals surface area contributed by atoms with Crippen LogP contribution in [0.15, 0.2) is 35.1 Å². The van der Waals surface area contributed by atoms with Crippen LogP contribution in [0.5, 0.6) is 0 Å². The maximum atomic E-state index is 12.4. The number of hydrogen-bond acceptors (Lipinski definition) is 6. The number of thiophene rings is 1. The van der Waals surface area contributed by atoms with E-state index in [2.05, 4.69) is 5.10 Å². The van der Waals surface area contributed by atoms with Gasteiger partial charge in [0.2, 0.25) is 0 Å². The smallest absolute Gasteiger partial charge is 0.341 e. The number of nitrogens with zero attached hydrogens (tertiary/aromatic N) is 2. The summed E-state index contributed by atoms with van der Waals surface area (Å²) < 4.78 is 6.54. The van der Waals surface area contributed by atoms with Crippen molar-refractivity contribution in [2.24, 2.45) is 7.05 Å². The van der Waals surface area contributed by atoms with Gasteiger partial charge in [0.05, 0.1) is 17.2 Å². The first-order valence-corrected chi connectivity index (χ1v) is 7.29. The molecule has 7 heteroatoms. The molecule has 3 rings (SSSR count). The first-order valence-electron chi connectivity index (χ1n) is 6.47. The number of methoxy groups -OCH3 is 1. The van der Waals surface area contributed by atoms with Crippen LogP contribution < -0.4 is 11.3 Å². The molecule has 0 unspecified atom stereocenters. The minimum atomic E-state index is -0.619. The molecule has 0 amide bonds. The topological polar surface area (TPSA) is 87.2 Å². The number of nitrogens with two attached hydrogens (primary N) is 1. The fraction of sp³-hybridized carbons (Fsp3) is 0.133. The number of carbonyl (C=O) groups is 1. The van der Waals surface area contributed by atoms with Crippen molar-refractivity contribution in [3.63, 3.8) is 0 Å². The first kappa shape index (κ1) is 14.3. The number of esters is 1. The van der Waals surface area contributed by atoms with E-state index in [-0.39, 0.29) is 21.5 Å². The highest BCUT2D eigenvalue weighted by Crippen LogP contribution is 2.37. The molecule has 112 valence electrons. The average molecular weight is 315 g/mol. The van der Waals surface area contributed by atoms with Crippen LogP contribution in [0, 0.1) is 0 Å². The number of benzene rings is 1. The minimum Gasteiger partial charge on any atom is -0.465 e. The zero-order valence-electron chi connectivity index (χ0n) is 12.0. The maximum absolute atomic E-state index is 12.4. The fourth-order valence-electron chi connectivity index (χ4n) is 2.31. The molecular weight excluding hydrogens is 302 g/mol. The second-order valence-electron chi connectivity index (χ2n) is 4.68. The lowest BCUT2D eigenvalue weighted by Crippen LogP contribution is -2.21. The molecule has 0 fully saturated rings. The predicted octanol–water partition coefficient (Wildman–Crippen LogP) is 2.03. The zero-order valence-corrected chi connectivity index (χ0v) is 12.8. The third-order valence-corrected chi connectivity index (χ3v) is 4.37. The third kappa shape index (κ3) is 2.06. The van der Waals surface area contributed by atoms with Gasteiger partial charge in [0.25, 0.3) is 5.56 Å². The van der Waals surface area contributed by atoms with E-state index in [1.165, 1.54) is 23.1 Å². The van der Waals surface area contributed by atoms with Crippen LogP contribution in [0.1, 0.15) is 10.4 Å². The largest absolute Gasteiger partial charge is 0.465 e. The Labute approximate surface area is 129 Å². The molecule has 2 N–H and O–H groups in total. The SMILES string of the molecule is COC(=O)c1c(N)sc2c(-c3ccccc3)nn(C)c(=O)c12. The van der Waals surface area contributed by atoms with Gasteiger partial charge in [-0.3, -0.25) is 4.79 Å². The molecule has 0 bridgehead atoms. The number of nitrogen functional groups attached to an aromatic ring is 1. The second-order valence-corrected chi connectivity index (χ2v) is 5.73. The summed E-state index contributed by atoms with van der Waals surface area (Å²) in [4.78, 5) is 24.4. The van der Waals surface area contributed by atoms with Crippen LogP contribution in [0.3, 0.4) is 0 Å². The lowest BCUT2D eigenvalue weighted by atomic mass is 10.1. The van der Waals surface area contributed by atoms with Crippen molar-refractivity contribution in [3.05, 3.63) is 46.2 Å². The van der Waals surface area contributed by atoms with E-state index < -0.39 is 5.97 Å². The molecule has 0 saturated heterocycles. The highest BCUT2D eigenvalue weighted by molar-refractivity contribution is 7.23. The molecule has 2 heterocycles. The van der Waals surface area contributed by atoms with E-state index in [1.807, 2.05) is 30.3 Å². The quantitative estimate of drug-likeness (QED) is 0.731. The Kier molecular flexibility index (Phi) is 3.42. The number of ether oxygens (including phenoxy) is 1. The van der Waals surface area contributed by atoms with Crippen molar-refractivity contribution in [2.75, 3.05) is 12.8 Å². The summed E-state index contributed by atoms with van der Waals surface area (Å²) in [5.41, 5.74) is 7.14. The Morgan fingerprint density at radius 2 is 2.00 bits per heavy atom. The van der Waals surface area contributed by atoms with Crippen molar-refractivity contribution < 1.29 is 9.53 Å². The normalized spacial score (nSPS) is 10.8. The van der Waals surface area contributed by atoms with Crippen LogP contribution in [-0.4, -0.2) is 22.9 Å². The molecule has 22 heavy (non-hydrogen) atoms. The molecular formula is C15H13N3O3S. The number of aryl methyl sites for hydroxylation is 1. The summed E-state index contributed by atoms with van der Waals surface area (Å²) in [5.74, 6) is -0.619. The monoisotopic (exact) mass is 315 g/mol. The standard InChI is InChI=1S/C15H13N3O3S/c1-18-14(19)9-10(15(20)21-2)13(16)22-12(9)11(17-18)8-6-4-3-5-7-8/h3-7H,16H2,1-2H3. The van der Waals surface area contributed by atoms with Crippen molar-refractivity contribution in [1.82, 2.24) is 9.78 Å². The van der Waals surface area contributed by atoms with Gasteiger partial charge in [-0.15, -0.1) is 11.3 Å². The van der Waals surface area contributed by atoms with Crippen molar-refractivity contribution in [2.45, 2.75) is 0 Å². The number of rotatable bonds is 2. The number of carbonyl (C=O) groups excluding carboxylic acids is 1. The maximum Gasteiger partial charge on any atom is 0.341 e. The van der Waals surface area contributed by atoms with Crippen molar-refractivity contribution in [3.8, 4) is 11.3 Å². The lowest BCUT2D eigenvalue weighted by molar-refractivity contribution is 0.0604. The first-order chi connectivity index (χ1) is 10.5. The summed E-state index contributed by atoms with van der Waals surface area (Å²) in [6.07, 6.45) is 0. The molecule has 0 aliphatic rings. The molecule has 0 aliphatic carbocycles. The van der Waals surface area contributed by atoms with Gasteiger partial charge in [-0.1, -0.05) is 30.3 Å². The van der Waals surface area contributed by atoms with E-state index in [0.29, 0.717) is 10.4 Å². The Hall–Kier alpha value is -2.67. The van der Waals surface area contributed by atoms with Gasteiger partial charge >= 0.3 is 5.97 Å². The summed E-state index contributed by atoms with van der Waals surface area (Å²) in [7, 11) is 2.80. The zero-order chi connectivity index (χ0) is 15.9. The molecule has 0 radical (unpaired) electrons. The molecule has 0 atom stereocenters. The Morgan fingerprint density at radius 1 is 1.32 bits per heavy atom. The Morgan fingerprint density at radius 3 is 2.64 bits per heavy atom. The second kappa shape index (κ2) is 5.27. The van der Waals surface area contributed by atoms with Crippen LogP contribution in [0.2, 0.25) is 0 Å². The lowest BCUT2D eigenvalue weighted by Gasteiger charge is -2.05. The van der Waals surface area contributed by atoms with Crippen LogP contribution in [0.4, 0.5) is 5.00 Å². The van der Waals surface area contributed by atoms with Gasteiger partial charge in [-0.25, -0.2) is 9.48 Å². The fourth-order valence-corrected chi connectivity index (χ4v) is 3.37. The van der Waals surface area contributed by atoms with E-state index >= 15 is 0 Å². The van der Waals surface area contributed by atoms with Gasteiger partial charge in [0.1, 0.15) is 16.3 Å². The predicted molar refractivity (Wildman–Crippen MR) is 86.0 cm³/mol. The number of hydrogen-bond donors (Lipinski definition) is 1. The van der Waals surface area contributed by atoms with Crippen LogP contribution in [-0.2, 0) is 11.8 Å². The molecule has 2 aromatic heterocycles. The molecule has 0 saturated carbocycles. The van der Waals surface area contributed by atoms with Crippen LogP contribution >= 0.6 is 11.3 Å². The number of anilines is 1. The Bertz CT molecular complexity index is 929. The third-order valence-electron chi connectivity index (χ3n) is 3.35. The number of aromatic nitrogens is 2. The Balaban J connectivity index is 2.45. The molecule has 0 spiro atoms. The molecule has 3 aromatic rings. The summed E-state index contributed by atoms with van der Waals surface area (Å²) >= 11 is 1.17. The molecule has 6 nitrogen and oxygen atoms in total. The van der Waals surface area contributed by atoms with Crippen molar-refractivity contribution >= 4 is 32.4 Å². The molecule has 1 aromatic carbocycles.